The zero-order valence-electron chi connectivity index (χ0n) is 17.8. The summed E-state index contributed by atoms with van der Waals surface area (Å²) in [6, 6.07) is 16.4. The van der Waals surface area contributed by atoms with Gasteiger partial charge in [0, 0.05) is 18.9 Å². The molecule has 2 heterocycles. The summed E-state index contributed by atoms with van der Waals surface area (Å²) in [5.74, 6) is 2.47. The number of aromatic nitrogens is 4. The number of methoxy groups -OCH3 is 2. The average molecular weight is 402 g/mol. The lowest BCUT2D eigenvalue weighted by Gasteiger charge is -2.11. The second-order valence-electron chi connectivity index (χ2n) is 7.55. The molecule has 2 aromatic carbocycles. The normalized spacial score (nSPS) is 11.2. The van der Waals surface area contributed by atoms with Crippen LogP contribution < -0.4 is 9.47 Å². The van der Waals surface area contributed by atoms with E-state index in [0.717, 1.165) is 45.3 Å². The second kappa shape index (κ2) is 8.53. The standard InChI is InChI=1S/C24H26N4O2/c1-16(2)28-15-25-23-21(13-17-5-9-19(29-3)10-6-17)26-22(27-24(23)28)14-18-7-11-20(30-4)12-8-18/h5-12,15-16H,13-14H2,1-4H3. The van der Waals surface area contributed by atoms with Gasteiger partial charge in [0.2, 0.25) is 0 Å². The highest BCUT2D eigenvalue weighted by Gasteiger charge is 2.15. The zero-order valence-corrected chi connectivity index (χ0v) is 17.8. The van der Waals surface area contributed by atoms with Gasteiger partial charge in [-0.1, -0.05) is 24.3 Å². The largest absolute Gasteiger partial charge is 0.497 e. The number of hydrogen-bond acceptors (Lipinski definition) is 5. The van der Waals surface area contributed by atoms with Crippen LogP contribution in [-0.2, 0) is 12.8 Å². The number of rotatable bonds is 7. The van der Waals surface area contributed by atoms with Gasteiger partial charge in [-0.05, 0) is 49.2 Å². The molecule has 2 aromatic heterocycles. The van der Waals surface area contributed by atoms with Gasteiger partial charge in [0.15, 0.2) is 5.65 Å². The fourth-order valence-corrected chi connectivity index (χ4v) is 3.47. The minimum Gasteiger partial charge on any atom is -0.497 e. The Morgan fingerprint density at radius 3 is 1.90 bits per heavy atom. The Morgan fingerprint density at radius 1 is 0.800 bits per heavy atom. The predicted octanol–water partition coefficient (Wildman–Crippen LogP) is 4.61. The molecule has 0 aliphatic rings. The van der Waals surface area contributed by atoms with Gasteiger partial charge in [-0.3, -0.25) is 0 Å². The van der Waals surface area contributed by atoms with Crippen LogP contribution in [0.15, 0.2) is 54.9 Å². The maximum atomic E-state index is 5.27. The van der Waals surface area contributed by atoms with E-state index in [-0.39, 0.29) is 6.04 Å². The van der Waals surface area contributed by atoms with Gasteiger partial charge < -0.3 is 14.0 Å². The minimum atomic E-state index is 0.271. The minimum absolute atomic E-state index is 0.271. The maximum Gasteiger partial charge on any atom is 0.164 e. The molecule has 6 heteroatoms. The molecule has 0 radical (unpaired) electrons. The summed E-state index contributed by atoms with van der Waals surface area (Å²) < 4.78 is 12.6. The first-order valence-corrected chi connectivity index (χ1v) is 10.1. The van der Waals surface area contributed by atoms with Gasteiger partial charge in [0.05, 0.1) is 26.2 Å². The molecule has 30 heavy (non-hydrogen) atoms. The summed E-state index contributed by atoms with van der Waals surface area (Å²) in [4.78, 5) is 14.4. The van der Waals surface area contributed by atoms with E-state index in [9.17, 15) is 0 Å². The van der Waals surface area contributed by atoms with Crippen molar-refractivity contribution in [1.82, 2.24) is 19.5 Å². The third-order valence-corrected chi connectivity index (χ3v) is 5.15. The summed E-state index contributed by atoms with van der Waals surface area (Å²) in [7, 11) is 3.34. The molecular formula is C24H26N4O2. The van der Waals surface area contributed by atoms with Gasteiger partial charge in [0.25, 0.3) is 0 Å². The summed E-state index contributed by atoms with van der Waals surface area (Å²) in [6.45, 7) is 4.27. The van der Waals surface area contributed by atoms with Gasteiger partial charge in [-0.2, -0.15) is 0 Å². The lowest BCUT2D eigenvalue weighted by molar-refractivity contribution is 0.414. The molecule has 0 fully saturated rings. The van der Waals surface area contributed by atoms with Crippen LogP contribution in [0.2, 0.25) is 0 Å². The molecule has 0 spiro atoms. The Kier molecular flexibility index (Phi) is 5.65. The van der Waals surface area contributed by atoms with Crippen LogP contribution in [-0.4, -0.2) is 33.7 Å². The molecule has 6 nitrogen and oxygen atoms in total. The Hall–Kier alpha value is -3.41. The fourth-order valence-electron chi connectivity index (χ4n) is 3.47. The van der Waals surface area contributed by atoms with Crippen LogP contribution in [0.3, 0.4) is 0 Å². The molecule has 4 aromatic rings. The molecule has 0 aliphatic heterocycles. The highest BCUT2D eigenvalue weighted by molar-refractivity contribution is 5.74. The first-order valence-electron chi connectivity index (χ1n) is 10.1. The van der Waals surface area contributed by atoms with E-state index < -0.39 is 0 Å². The summed E-state index contributed by atoms with van der Waals surface area (Å²) in [5.41, 5.74) is 4.98. The molecule has 0 aliphatic carbocycles. The van der Waals surface area contributed by atoms with E-state index in [1.54, 1.807) is 14.2 Å². The first-order chi connectivity index (χ1) is 14.6. The molecule has 0 N–H and O–H groups in total. The monoisotopic (exact) mass is 402 g/mol. The van der Waals surface area contributed by atoms with E-state index in [2.05, 4.69) is 47.7 Å². The van der Waals surface area contributed by atoms with Crippen molar-refractivity contribution in [2.45, 2.75) is 32.7 Å². The Bertz CT molecular complexity index is 1130. The lowest BCUT2D eigenvalue weighted by atomic mass is 10.1. The third kappa shape index (κ3) is 4.13. The van der Waals surface area contributed by atoms with Crippen LogP contribution in [0, 0.1) is 0 Å². The highest BCUT2D eigenvalue weighted by Crippen LogP contribution is 2.23. The first kappa shape index (κ1) is 19.9. The van der Waals surface area contributed by atoms with E-state index in [1.165, 1.54) is 0 Å². The molecule has 4 rings (SSSR count). The number of nitrogens with zero attached hydrogens (tertiary/aromatic N) is 4. The van der Waals surface area contributed by atoms with Crippen molar-refractivity contribution in [3.05, 3.63) is 77.5 Å². The topological polar surface area (TPSA) is 62.1 Å². The number of ether oxygens (including phenoxy) is 2. The SMILES string of the molecule is COc1ccc(Cc2nc(Cc3ccc(OC)cc3)c3ncn(C(C)C)c3n2)cc1. The quantitative estimate of drug-likeness (QED) is 0.452. The molecule has 0 atom stereocenters. The Morgan fingerprint density at radius 2 is 1.37 bits per heavy atom. The smallest absolute Gasteiger partial charge is 0.164 e. The van der Waals surface area contributed by atoms with Gasteiger partial charge in [-0.25, -0.2) is 15.0 Å². The molecule has 0 bridgehead atoms. The zero-order chi connectivity index (χ0) is 21.1. The summed E-state index contributed by atoms with van der Waals surface area (Å²) in [5, 5.41) is 0. The van der Waals surface area contributed by atoms with E-state index in [1.807, 2.05) is 30.6 Å². The van der Waals surface area contributed by atoms with Crippen LogP contribution in [0.5, 0.6) is 11.5 Å². The van der Waals surface area contributed by atoms with E-state index in [0.29, 0.717) is 12.8 Å². The van der Waals surface area contributed by atoms with Crippen LogP contribution in [0.4, 0.5) is 0 Å². The van der Waals surface area contributed by atoms with Crippen LogP contribution in [0.25, 0.3) is 11.2 Å². The van der Waals surface area contributed by atoms with E-state index in [4.69, 9.17) is 19.4 Å². The van der Waals surface area contributed by atoms with Crippen molar-refractivity contribution < 1.29 is 9.47 Å². The number of fused-ring (bicyclic) bond motifs is 1. The molecular weight excluding hydrogens is 376 g/mol. The molecule has 0 amide bonds. The third-order valence-electron chi connectivity index (χ3n) is 5.15. The Labute approximate surface area is 176 Å². The van der Waals surface area contributed by atoms with Crippen LogP contribution in [0.1, 0.15) is 42.5 Å². The van der Waals surface area contributed by atoms with Crippen molar-refractivity contribution in [3.8, 4) is 11.5 Å². The molecule has 0 unspecified atom stereocenters. The molecule has 0 saturated carbocycles. The summed E-state index contributed by atoms with van der Waals surface area (Å²) >= 11 is 0. The highest BCUT2D eigenvalue weighted by atomic mass is 16.5. The summed E-state index contributed by atoms with van der Waals surface area (Å²) in [6.07, 6.45) is 3.20. The molecule has 154 valence electrons. The average Bonchev–Trinajstić information content (AvgIpc) is 3.19. The second-order valence-corrected chi connectivity index (χ2v) is 7.55. The van der Waals surface area contributed by atoms with E-state index >= 15 is 0 Å². The van der Waals surface area contributed by atoms with Crippen molar-refractivity contribution in [3.63, 3.8) is 0 Å². The predicted molar refractivity (Wildman–Crippen MR) is 117 cm³/mol. The van der Waals surface area contributed by atoms with Crippen molar-refractivity contribution >= 4 is 11.2 Å². The van der Waals surface area contributed by atoms with Crippen molar-refractivity contribution in [2.75, 3.05) is 14.2 Å². The van der Waals surface area contributed by atoms with Crippen molar-refractivity contribution in [2.24, 2.45) is 0 Å². The maximum absolute atomic E-state index is 5.27. The number of hydrogen-bond donors (Lipinski definition) is 0. The Balaban J connectivity index is 1.73. The van der Waals surface area contributed by atoms with Crippen LogP contribution >= 0.6 is 0 Å². The number of imidazole rings is 1. The van der Waals surface area contributed by atoms with Gasteiger partial charge >= 0.3 is 0 Å². The molecule has 0 saturated heterocycles. The fraction of sp³-hybridized carbons (Fsp3) is 0.292. The number of benzene rings is 2. The van der Waals surface area contributed by atoms with Crippen molar-refractivity contribution in [1.29, 1.82) is 0 Å². The van der Waals surface area contributed by atoms with Gasteiger partial charge in [0.1, 0.15) is 22.8 Å². The van der Waals surface area contributed by atoms with Gasteiger partial charge in [-0.15, -0.1) is 0 Å². The lowest BCUT2D eigenvalue weighted by Crippen LogP contribution is -2.06.